The number of pyridine rings is 1. The van der Waals surface area contributed by atoms with E-state index in [2.05, 4.69) is 16.8 Å². The van der Waals surface area contributed by atoms with Gasteiger partial charge >= 0.3 is 0 Å². The Kier molecular flexibility index (Phi) is 5.28. The molecule has 3 heterocycles. The molecule has 5 heteroatoms. The van der Waals surface area contributed by atoms with Gasteiger partial charge in [-0.05, 0) is 63.1 Å². The molecule has 4 rings (SSSR count). The third kappa shape index (κ3) is 3.94. The molecule has 0 aromatic carbocycles. The summed E-state index contributed by atoms with van der Waals surface area (Å²) in [7, 11) is 0. The van der Waals surface area contributed by atoms with Crippen LogP contribution in [0.2, 0.25) is 0 Å². The fourth-order valence-corrected chi connectivity index (χ4v) is 4.61. The standard InChI is InChI=1S/C21H31N3O2/c1-2-26-14-18-8-10-24(13-17-6-7-17)21(12-18)15-23(16-21)20(25)11-19-5-3-4-9-22-19/h3-5,9,17-18H,2,6-8,10-16H2,1H3. The van der Waals surface area contributed by atoms with Gasteiger partial charge in [-0.15, -0.1) is 0 Å². The Labute approximate surface area is 156 Å². The van der Waals surface area contributed by atoms with Crippen LogP contribution >= 0.6 is 0 Å². The molecule has 2 aliphatic heterocycles. The molecule has 1 aromatic heterocycles. The number of piperidine rings is 1. The van der Waals surface area contributed by atoms with Crippen LogP contribution in [0.15, 0.2) is 24.4 Å². The highest BCUT2D eigenvalue weighted by Crippen LogP contribution is 2.42. The molecule has 3 fully saturated rings. The van der Waals surface area contributed by atoms with E-state index in [-0.39, 0.29) is 11.4 Å². The largest absolute Gasteiger partial charge is 0.381 e. The molecule has 5 nitrogen and oxygen atoms in total. The van der Waals surface area contributed by atoms with Crippen molar-refractivity contribution in [3.05, 3.63) is 30.1 Å². The lowest BCUT2D eigenvalue weighted by molar-refractivity contribution is -0.153. The van der Waals surface area contributed by atoms with Crippen LogP contribution in [0.4, 0.5) is 0 Å². The monoisotopic (exact) mass is 357 g/mol. The maximum absolute atomic E-state index is 12.7. The number of carbonyl (C=O) groups excluding carboxylic acids is 1. The number of aromatic nitrogens is 1. The fraction of sp³-hybridized carbons (Fsp3) is 0.714. The Bertz CT molecular complexity index is 611. The molecule has 0 radical (unpaired) electrons. The van der Waals surface area contributed by atoms with Gasteiger partial charge in [0.2, 0.25) is 5.91 Å². The van der Waals surface area contributed by atoms with Crippen molar-refractivity contribution in [1.82, 2.24) is 14.8 Å². The van der Waals surface area contributed by atoms with Gasteiger partial charge in [-0.3, -0.25) is 14.7 Å². The van der Waals surface area contributed by atoms with Gasteiger partial charge < -0.3 is 9.64 Å². The number of hydrogen-bond acceptors (Lipinski definition) is 4. The van der Waals surface area contributed by atoms with E-state index in [0.29, 0.717) is 12.3 Å². The Morgan fingerprint density at radius 3 is 2.81 bits per heavy atom. The lowest BCUT2D eigenvalue weighted by Crippen LogP contribution is -2.73. The Balaban J connectivity index is 1.37. The summed E-state index contributed by atoms with van der Waals surface area (Å²) < 4.78 is 5.71. The average Bonchev–Trinajstić information content (AvgIpc) is 3.44. The minimum Gasteiger partial charge on any atom is -0.381 e. The van der Waals surface area contributed by atoms with Crippen LogP contribution in [0.25, 0.3) is 0 Å². The van der Waals surface area contributed by atoms with Gasteiger partial charge in [0.05, 0.1) is 12.0 Å². The topological polar surface area (TPSA) is 45.7 Å². The molecule has 2 saturated heterocycles. The van der Waals surface area contributed by atoms with E-state index in [1.807, 2.05) is 23.1 Å². The minimum absolute atomic E-state index is 0.197. The minimum atomic E-state index is 0.197. The summed E-state index contributed by atoms with van der Waals surface area (Å²) in [6, 6.07) is 5.78. The van der Waals surface area contributed by atoms with Gasteiger partial charge in [0.25, 0.3) is 0 Å². The van der Waals surface area contributed by atoms with E-state index in [1.54, 1.807) is 6.20 Å². The number of hydrogen-bond donors (Lipinski definition) is 0. The van der Waals surface area contributed by atoms with Gasteiger partial charge in [-0.25, -0.2) is 0 Å². The molecule has 26 heavy (non-hydrogen) atoms. The summed E-state index contributed by atoms with van der Waals surface area (Å²) in [5.41, 5.74) is 1.06. The highest BCUT2D eigenvalue weighted by molar-refractivity contribution is 5.79. The number of rotatable bonds is 7. The first kappa shape index (κ1) is 17.9. The predicted octanol–water partition coefficient (Wildman–Crippen LogP) is 2.36. The molecule has 1 unspecified atom stereocenters. The molecule has 1 saturated carbocycles. The maximum Gasteiger partial charge on any atom is 0.228 e. The third-order valence-electron chi connectivity index (χ3n) is 6.26. The molecule has 1 aliphatic carbocycles. The quantitative estimate of drug-likeness (QED) is 0.752. The second-order valence-corrected chi connectivity index (χ2v) is 8.38. The van der Waals surface area contributed by atoms with E-state index in [9.17, 15) is 4.79 Å². The van der Waals surface area contributed by atoms with Gasteiger partial charge in [-0.1, -0.05) is 6.07 Å². The Hall–Kier alpha value is -1.46. The number of ether oxygens (including phenoxy) is 1. The number of nitrogens with zero attached hydrogens (tertiary/aromatic N) is 3. The number of amides is 1. The van der Waals surface area contributed by atoms with Crippen LogP contribution < -0.4 is 0 Å². The first-order valence-electron chi connectivity index (χ1n) is 10.2. The molecule has 0 N–H and O–H groups in total. The van der Waals surface area contributed by atoms with E-state index >= 15 is 0 Å². The van der Waals surface area contributed by atoms with Crippen molar-refractivity contribution >= 4 is 5.91 Å². The highest BCUT2D eigenvalue weighted by Gasteiger charge is 2.52. The zero-order valence-electron chi connectivity index (χ0n) is 15.9. The van der Waals surface area contributed by atoms with Gasteiger partial charge in [0, 0.05) is 44.7 Å². The SMILES string of the molecule is CCOCC1CCN(CC2CC2)C2(C1)CN(C(=O)Cc1ccccn1)C2. The molecule has 0 bridgehead atoms. The maximum atomic E-state index is 12.7. The average molecular weight is 357 g/mol. The van der Waals surface area contributed by atoms with Crippen LogP contribution in [0.3, 0.4) is 0 Å². The molecule has 3 aliphatic rings. The zero-order chi connectivity index (χ0) is 18.0. The fourth-order valence-electron chi connectivity index (χ4n) is 4.61. The highest BCUT2D eigenvalue weighted by atomic mass is 16.5. The van der Waals surface area contributed by atoms with Crippen LogP contribution in [0.1, 0.15) is 38.3 Å². The lowest BCUT2D eigenvalue weighted by Gasteiger charge is -2.59. The number of carbonyl (C=O) groups is 1. The van der Waals surface area contributed by atoms with E-state index < -0.39 is 0 Å². The summed E-state index contributed by atoms with van der Waals surface area (Å²) in [6.45, 7) is 7.89. The van der Waals surface area contributed by atoms with Crippen molar-refractivity contribution in [2.75, 3.05) is 39.4 Å². The van der Waals surface area contributed by atoms with Crippen molar-refractivity contribution in [3.63, 3.8) is 0 Å². The molecule has 1 spiro atoms. The van der Waals surface area contributed by atoms with Crippen LogP contribution in [-0.4, -0.2) is 65.6 Å². The third-order valence-corrected chi connectivity index (χ3v) is 6.26. The van der Waals surface area contributed by atoms with Gasteiger partial charge in [0.15, 0.2) is 0 Å². The number of likely N-dealkylation sites (tertiary alicyclic amines) is 2. The molecular formula is C21H31N3O2. The Morgan fingerprint density at radius 2 is 2.12 bits per heavy atom. The van der Waals surface area contributed by atoms with Crippen molar-refractivity contribution in [2.45, 2.75) is 44.6 Å². The first-order valence-corrected chi connectivity index (χ1v) is 10.2. The second kappa shape index (κ2) is 7.65. The van der Waals surface area contributed by atoms with Crippen LogP contribution in [0, 0.1) is 11.8 Å². The van der Waals surface area contributed by atoms with Crippen LogP contribution in [0.5, 0.6) is 0 Å². The summed E-state index contributed by atoms with van der Waals surface area (Å²) >= 11 is 0. The van der Waals surface area contributed by atoms with E-state index in [0.717, 1.165) is 44.5 Å². The zero-order valence-corrected chi connectivity index (χ0v) is 15.9. The van der Waals surface area contributed by atoms with Gasteiger partial charge in [-0.2, -0.15) is 0 Å². The van der Waals surface area contributed by atoms with Crippen molar-refractivity contribution in [1.29, 1.82) is 0 Å². The lowest BCUT2D eigenvalue weighted by atomic mass is 9.74. The first-order chi connectivity index (χ1) is 12.7. The summed E-state index contributed by atoms with van der Waals surface area (Å²) in [4.78, 5) is 21.7. The van der Waals surface area contributed by atoms with Crippen LogP contribution in [-0.2, 0) is 16.0 Å². The Morgan fingerprint density at radius 1 is 1.27 bits per heavy atom. The van der Waals surface area contributed by atoms with E-state index in [1.165, 1.54) is 32.2 Å². The normalized spacial score (nSPS) is 25.3. The summed E-state index contributed by atoms with van der Waals surface area (Å²) in [5, 5.41) is 0. The summed E-state index contributed by atoms with van der Waals surface area (Å²) in [5.74, 6) is 1.75. The smallest absolute Gasteiger partial charge is 0.228 e. The summed E-state index contributed by atoms with van der Waals surface area (Å²) in [6.07, 6.45) is 7.36. The predicted molar refractivity (Wildman–Crippen MR) is 101 cm³/mol. The van der Waals surface area contributed by atoms with Crippen molar-refractivity contribution in [2.24, 2.45) is 11.8 Å². The molecule has 1 amide bonds. The molecule has 1 atom stereocenters. The molecule has 1 aromatic rings. The van der Waals surface area contributed by atoms with Crippen molar-refractivity contribution < 1.29 is 9.53 Å². The molecular weight excluding hydrogens is 326 g/mol. The van der Waals surface area contributed by atoms with Gasteiger partial charge in [0.1, 0.15) is 0 Å². The van der Waals surface area contributed by atoms with Crippen molar-refractivity contribution in [3.8, 4) is 0 Å². The van der Waals surface area contributed by atoms with E-state index in [4.69, 9.17) is 4.74 Å². The molecule has 142 valence electrons. The second-order valence-electron chi connectivity index (χ2n) is 8.38.